The van der Waals surface area contributed by atoms with E-state index < -0.39 is 0 Å². The van der Waals surface area contributed by atoms with Crippen molar-refractivity contribution in [3.8, 4) is 0 Å². The Kier molecular flexibility index (Phi) is 6.91. The fraction of sp³-hybridized carbons (Fsp3) is 0.533. The molecule has 0 fully saturated rings. The molecule has 0 aliphatic rings. The average molecular weight is 219 g/mol. The van der Waals surface area contributed by atoms with E-state index in [0.717, 1.165) is 19.4 Å². The quantitative estimate of drug-likeness (QED) is 0.600. The molecule has 0 heterocycles. The molecule has 1 unspecified atom stereocenters. The van der Waals surface area contributed by atoms with Gasteiger partial charge in [0.15, 0.2) is 0 Å². The second kappa shape index (κ2) is 8.35. The van der Waals surface area contributed by atoms with Crippen LogP contribution >= 0.6 is 0 Å². The fourth-order valence-corrected chi connectivity index (χ4v) is 1.71. The van der Waals surface area contributed by atoms with Crippen LogP contribution in [0.2, 0.25) is 0 Å². The Morgan fingerprint density at radius 3 is 2.56 bits per heavy atom. The first-order valence-electron chi connectivity index (χ1n) is 6.31. The van der Waals surface area contributed by atoms with Crippen LogP contribution in [0.15, 0.2) is 30.3 Å². The van der Waals surface area contributed by atoms with Crippen LogP contribution in [0.5, 0.6) is 0 Å². The molecule has 0 aromatic heterocycles. The van der Waals surface area contributed by atoms with Gasteiger partial charge in [0.1, 0.15) is 0 Å². The van der Waals surface area contributed by atoms with Crippen molar-refractivity contribution in [2.24, 2.45) is 0 Å². The second-order valence-electron chi connectivity index (χ2n) is 4.24. The topological polar surface area (TPSA) is 9.23 Å². The second-order valence-corrected chi connectivity index (χ2v) is 4.24. The molecule has 0 aliphatic heterocycles. The number of hydrogen-bond donors (Lipinski definition) is 0. The highest BCUT2D eigenvalue weighted by Gasteiger charge is 2.02. The number of unbranched alkanes of at least 4 members (excludes halogenated alkanes) is 3. The van der Waals surface area contributed by atoms with E-state index in [1.165, 1.54) is 24.8 Å². The van der Waals surface area contributed by atoms with Gasteiger partial charge >= 0.3 is 0 Å². The Morgan fingerprint density at radius 1 is 1.12 bits per heavy atom. The van der Waals surface area contributed by atoms with Crippen molar-refractivity contribution in [3.05, 3.63) is 42.8 Å². The first-order chi connectivity index (χ1) is 7.83. The van der Waals surface area contributed by atoms with E-state index in [0.29, 0.717) is 0 Å². The van der Waals surface area contributed by atoms with Crippen molar-refractivity contribution in [1.29, 1.82) is 0 Å². The van der Waals surface area contributed by atoms with E-state index in [-0.39, 0.29) is 6.10 Å². The van der Waals surface area contributed by atoms with Gasteiger partial charge < -0.3 is 4.74 Å². The van der Waals surface area contributed by atoms with Crippen LogP contribution in [0.4, 0.5) is 0 Å². The third-order valence-corrected chi connectivity index (χ3v) is 2.66. The van der Waals surface area contributed by atoms with E-state index in [2.05, 4.69) is 38.1 Å². The van der Waals surface area contributed by atoms with Gasteiger partial charge in [-0.2, -0.15) is 0 Å². The van der Waals surface area contributed by atoms with Crippen LogP contribution in [-0.2, 0) is 11.2 Å². The third kappa shape index (κ3) is 5.92. The molecule has 1 heteroatoms. The zero-order valence-corrected chi connectivity index (χ0v) is 10.3. The molecule has 1 radical (unpaired) electrons. The number of hydrogen-bond acceptors (Lipinski definition) is 1. The van der Waals surface area contributed by atoms with E-state index in [1.807, 2.05) is 6.07 Å². The van der Waals surface area contributed by atoms with Crippen molar-refractivity contribution in [2.75, 3.05) is 6.61 Å². The molecule has 0 amide bonds. The summed E-state index contributed by atoms with van der Waals surface area (Å²) >= 11 is 0. The highest BCUT2D eigenvalue weighted by Crippen LogP contribution is 2.06. The summed E-state index contributed by atoms with van der Waals surface area (Å²) in [4.78, 5) is 0. The number of benzene rings is 1. The zero-order valence-electron chi connectivity index (χ0n) is 10.3. The Hall–Kier alpha value is -0.820. The minimum absolute atomic E-state index is 0.0871. The molecule has 0 saturated carbocycles. The molecule has 1 aromatic rings. The Balaban J connectivity index is 2.09. The molecule has 89 valence electrons. The summed E-state index contributed by atoms with van der Waals surface area (Å²) in [6, 6.07) is 10.4. The first kappa shape index (κ1) is 13.2. The minimum Gasteiger partial charge on any atom is -0.378 e. The lowest BCUT2D eigenvalue weighted by molar-refractivity contribution is 0.0804. The van der Waals surface area contributed by atoms with Crippen LogP contribution < -0.4 is 0 Å². The maximum absolute atomic E-state index is 5.68. The van der Waals surface area contributed by atoms with Gasteiger partial charge in [0.05, 0.1) is 6.10 Å². The van der Waals surface area contributed by atoms with E-state index in [4.69, 9.17) is 4.74 Å². The van der Waals surface area contributed by atoms with E-state index in [9.17, 15) is 0 Å². The van der Waals surface area contributed by atoms with E-state index in [1.54, 1.807) is 0 Å². The lowest BCUT2D eigenvalue weighted by Crippen LogP contribution is -2.12. The Morgan fingerprint density at radius 2 is 1.88 bits per heavy atom. The predicted octanol–water partition coefficient (Wildman–Crippen LogP) is 4.03. The summed E-state index contributed by atoms with van der Waals surface area (Å²) in [5.74, 6) is 0. The SMILES string of the molecule is [CH2]C(Cc1ccccc1)OCCCCCC. The van der Waals surface area contributed by atoms with Gasteiger partial charge in [-0.05, 0) is 25.3 Å². The molecule has 0 N–H and O–H groups in total. The number of ether oxygens (including phenoxy) is 1. The molecule has 0 bridgehead atoms. The van der Waals surface area contributed by atoms with Crippen LogP contribution in [0, 0.1) is 6.92 Å². The lowest BCUT2D eigenvalue weighted by atomic mass is 10.1. The third-order valence-electron chi connectivity index (χ3n) is 2.66. The Bertz CT molecular complexity index is 255. The summed E-state index contributed by atoms with van der Waals surface area (Å²) in [7, 11) is 0. The van der Waals surface area contributed by atoms with Crippen molar-refractivity contribution >= 4 is 0 Å². The molecule has 1 aromatic carbocycles. The highest BCUT2D eigenvalue weighted by molar-refractivity contribution is 5.15. The van der Waals surface area contributed by atoms with Gasteiger partial charge in [-0.15, -0.1) is 0 Å². The molecular weight excluding hydrogens is 196 g/mol. The molecule has 1 nitrogen and oxygen atoms in total. The first-order valence-corrected chi connectivity index (χ1v) is 6.31. The van der Waals surface area contributed by atoms with Crippen molar-refractivity contribution in [1.82, 2.24) is 0 Å². The highest BCUT2D eigenvalue weighted by atomic mass is 16.5. The van der Waals surface area contributed by atoms with Gasteiger partial charge in [-0.25, -0.2) is 0 Å². The fourth-order valence-electron chi connectivity index (χ4n) is 1.71. The van der Waals surface area contributed by atoms with Gasteiger partial charge in [0.2, 0.25) is 0 Å². The zero-order chi connectivity index (χ0) is 11.6. The maximum Gasteiger partial charge on any atom is 0.0616 e. The van der Waals surface area contributed by atoms with Crippen LogP contribution in [0.3, 0.4) is 0 Å². The summed E-state index contributed by atoms with van der Waals surface area (Å²) in [6.45, 7) is 7.10. The average Bonchev–Trinajstić information content (AvgIpc) is 2.30. The van der Waals surface area contributed by atoms with Crippen molar-refractivity contribution in [3.63, 3.8) is 0 Å². The molecule has 1 atom stereocenters. The molecule has 0 saturated heterocycles. The van der Waals surface area contributed by atoms with Crippen LogP contribution in [0.25, 0.3) is 0 Å². The number of rotatable bonds is 8. The monoisotopic (exact) mass is 219 g/mol. The molecule has 0 spiro atoms. The lowest BCUT2D eigenvalue weighted by Gasteiger charge is -2.12. The Labute approximate surface area is 99.8 Å². The normalized spacial score (nSPS) is 12.6. The van der Waals surface area contributed by atoms with Gasteiger partial charge in [-0.1, -0.05) is 56.5 Å². The molecule has 1 rings (SSSR count). The van der Waals surface area contributed by atoms with Crippen molar-refractivity contribution in [2.45, 2.75) is 45.1 Å². The molecule has 0 aliphatic carbocycles. The van der Waals surface area contributed by atoms with Gasteiger partial charge in [-0.3, -0.25) is 0 Å². The smallest absolute Gasteiger partial charge is 0.0616 e. The largest absolute Gasteiger partial charge is 0.378 e. The maximum atomic E-state index is 5.68. The standard InChI is InChI=1S/C15H23O/c1-3-4-5-9-12-16-14(2)13-15-10-7-6-8-11-15/h6-8,10-11,14H,2-5,9,12-13H2,1H3. The van der Waals surface area contributed by atoms with Crippen molar-refractivity contribution < 1.29 is 4.74 Å². The summed E-state index contributed by atoms with van der Waals surface area (Å²) in [6.07, 6.45) is 6.02. The molecule has 16 heavy (non-hydrogen) atoms. The summed E-state index contributed by atoms with van der Waals surface area (Å²) in [5.41, 5.74) is 1.30. The van der Waals surface area contributed by atoms with Gasteiger partial charge in [0.25, 0.3) is 0 Å². The summed E-state index contributed by atoms with van der Waals surface area (Å²) < 4.78 is 5.68. The molecular formula is C15H23O. The summed E-state index contributed by atoms with van der Waals surface area (Å²) in [5, 5.41) is 0. The van der Waals surface area contributed by atoms with E-state index >= 15 is 0 Å². The van der Waals surface area contributed by atoms with Gasteiger partial charge in [0, 0.05) is 6.61 Å². The minimum atomic E-state index is 0.0871. The predicted molar refractivity (Wildman–Crippen MR) is 69.4 cm³/mol. The van der Waals surface area contributed by atoms with Crippen LogP contribution in [0.1, 0.15) is 38.2 Å². The van der Waals surface area contributed by atoms with Crippen LogP contribution in [-0.4, -0.2) is 12.7 Å².